The van der Waals surface area contributed by atoms with E-state index < -0.39 is 0 Å². The van der Waals surface area contributed by atoms with Gasteiger partial charge in [0.2, 0.25) is 0 Å². The lowest BCUT2D eigenvalue weighted by atomic mass is 9.87. The third-order valence-corrected chi connectivity index (χ3v) is 4.89. The maximum absolute atomic E-state index is 5.83. The number of benzene rings is 2. The Morgan fingerprint density at radius 1 is 0.792 bits per heavy atom. The van der Waals surface area contributed by atoms with Gasteiger partial charge in [-0.25, -0.2) is 0 Å². The monoisotopic (exact) mass is 320 g/mol. The first-order valence-electron chi connectivity index (χ1n) is 9.31. The molecule has 0 spiro atoms. The van der Waals surface area contributed by atoms with Crippen LogP contribution in [0.4, 0.5) is 0 Å². The van der Waals surface area contributed by atoms with Gasteiger partial charge in [-0.2, -0.15) is 0 Å². The van der Waals surface area contributed by atoms with E-state index in [-0.39, 0.29) is 0 Å². The van der Waals surface area contributed by atoms with E-state index in [9.17, 15) is 0 Å². The van der Waals surface area contributed by atoms with Crippen molar-refractivity contribution in [1.82, 2.24) is 0 Å². The fraction of sp³-hybridized carbons (Fsp3) is 0.391. The van der Waals surface area contributed by atoms with Gasteiger partial charge in [0.05, 0.1) is 0 Å². The van der Waals surface area contributed by atoms with Crippen LogP contribution < -0.4 is 4.74 Å². The Hall–Kier alpha value is -2.02. The van der Waals surface area contributed by atoms with Crippen LogP contribution in [0.15, 0.2) is 66.7 Å². The highest BCUT2D eigenvalue weighted by Gasteiger charge is 2.10. The first-order chi connectivity index (χ1) is 11.9. The summed E-state index contributed by atoms with van der Waals surface area (Å²) in [5.74, 6) is 1.87. The molecule has 0 unspecified atom stereocenters. The SMILES string of the molecule is C(=CCC1CCCCC1)Cc1ccc(OCc2ccccc2)cc1. The first kappa shape index (κ1) is 16.8. The van der Waals surface area contributed by atoms with Crippen molar-refractivity contribution in [3.63, 3.8) is 0 Å². The molecule has 0 atom stereocenters. The lowest BCUT2D eigenvalue weighted by Crippen LogP contribution is -2.04. The van der Waals surface area contributed by atoms with Gasteiger partial charge in [0.25, 0.3) is 0 Å². The van der Waals surface area contributed by atoms with Crippen molar-refractivity contribution in [2.24, 2.45) is 5.92 Å². The molecule has 1 nitrogen and oxygen atoms in total. The number of hydrogen-bond donors (Lipinski definition) is 0. The second kappa shape index (κ2) is 9.32. The zero-order chi connectivity index (χ0) is 16.5. The van der Waals surface area contributed by atoms with Crippen molar-refractivity contribution < 1.29 is 4.74 Å². The molecule has 1 heteroatoms. The standard InChI is InChI=1S/C23H28O/c1-3-9-20(10-4-1)11-7-8-12-21-15-17-23(18-16-21)24-19-22-13-5-2-6-14-22/h2,5-8,13-18,20H,1,3-4,9-12,19H2. The molecule has 0 bridgehead atoms. The normalized spacial score (nSPS) is 15.7. The summed E-state index contributed by atoms with van der Waals surface area (Å²) in [5, 5.41) is 0. The molecule has 0 radical (unpaired) electrons. The Morgan fingerprint density at radius 2 is 1.54 bits per heavy atom. The molecule has 0 N–H and O–H groups in total. The van der Waals surface area contributed by atoms with Gasteiger partial charge in [-0.3, -0.25) is 0 Å². The molecule has 0 aromatic heterocycles. The van der Waals surface area contributed by atoms with Crippen LogP contribution in [0.3, 0.4) is 0 Å². The Balaban J connectivity index is 1.41. The highest BCUT2D eigenvalue weighted by Crippen LogP contribution is 2.26. The van der Waals surface area contributed by atoms with Crippen LogP contribution in [0.1, 0.15) is 49.7 Å². The molecule has 1 aliphatic rings. The Bertz CT molecular complexity index is 606. The smallest absolute Gasteiger partial charge is 0.119 e. The van der Waals surface area contributed by atoms with E-state index in [1.165, 1.54) is 49.7 Å². The summed E-state index contributed by atoms with van der Waals surface area (Å²) in [5.41, 5.74) is 2.55. The quantitative estimate of drug-likeness (QED) is 0.541. The maximum Gasteiger partial charge on any atom is 0.119 e. The van der Waals surface area contributed by atoms with Crippen LogP contribution in [0.25, 0.3) is 0 Å². The van der Waals surface area contributed by atoms with E-state index in [0.717, 1.165) is 18.1 Å². The third kappa shape index (κ3) is 5.56. The molecule has 0 heterocycles. The van der Waals surface area contributed by atoms with Crippen molar-refractivity contribution in [3.8, 4) is 5.75 Å². The molecule has 1 saturated carbocycles. The minimum atomic E-state index is 0.626. The van der Waals surface area contributed by atoms with Gasteiger partial charge in [-0.15, -0.1) is 0 Å². The number of rotatable bonds is 7. The average molecular weight is 320 g/mol. The van der Waals surface area contributed by atoms with Crippen molar-refractivity contribution in [3.05, 3.63) is 77.9 Å². The summed E-state index contributed by atoms with van der Waals surface area (Å²) in [4.78, 5) is 0. The van der Waals surface area contributed by atoms with Crippen LogP contribution in [0.2, 0.25) is 0 Å². The van der Waals surface area contributed by atoms with E-state index in [1.807, 2.05) is 18.2 Å². The molecule has 3 rings (SSSR count). The molecule has 0 amide bonds. The zero-order valence-corrected chi connectivity index (χ0v) is 14.5. The highest BCUT2D eigenvalue weighted by atomic mass is 16.5. The summed E-state index contributed by atoms with van der Waals surface area (Å²) < 4.78 is 5.83. The molecular formula is C23H28O. The van der Waals surface area contributed by atoms with Crippen molar-refractivity contribution in [1.29, 1.82) is 0 Å². The van der Waals surface area contributed by atoms with Gasteiger partial charge in [-0.1, -0.05) is 86.7 Å². The fourth-order valence-corrected chi connectivity index (χ4v) is 3.39. The van der Waals surface area contributed by atoms with Gasteiger partial charge in [0, 0.05) is 0 Å². The largest absolute Gasteiger partial charge is 0.489 e. The lowest BCUT2D eigenvalue weighted by Gasteiger charge is -2.19. The van der Waals surface area contributed by atoms with Gasteiger partial charge < -0.3 is 4.74 Å². The van der Waals surface area contributed by atoms with Crippen molar-refractivity contribution in [2.75, 3.05) is 0 Å². The van der Waals surface area contributed by atoms with Crippen LogP contribution in [-0.2, 0) is 13.0 Å². The summed E-state index contributed by atoms with van der Waals surface area (Å²) >= 11 is 0. The predicted octanol–water partition coefficient (Wildman–Crippen LogP) is 6.33. The van der Waals surface area contributed by atoms with Gasteiger partial charge in [0.15, 0.2) is 0 Å². The van der Waals surface area contributed by atoms with Crippen molar-refractivity contribution >= 4 is 0 Å². The van der Waals surface area contributed by atoms with Crippen molar-refractivity contribution in [2.45, 2.75) is 51.6 Å². The summed E-state index contributed by atoms with van der Waals surface area (Å²) in [6, 6.07) is 18.8. The molecule has 0 saturated heterocycles. The highest BCUT2D eigenvalue weighted by molar-refractivity contribution is 5.29. The lowest BCUT2D eigenvalue weighted by molar-refractivity contribution is 0.306. The Kier molecular flexibility index (Phi) is 6.53. The van der Waals surface area contributed by atoms with Crippen LogP contribution in [0, 0.1) is 5.92 Å². The van der Waals surface area contributed by atoms with E-state index in [0.29, 0.717) is 6.61 Å². The van der Waals surface area contributed by atoms with Crippen LogP contribution in [0.5, 0.6) is 5.75 Å². The van der Waals surface area contributed by atoms with E-state index in [2.05, 4.69) is 48.6 Å². The molecule has 1 fully saturated rings. The topological polar surface area (TPSA) is 9.23 Å². The average Bonchev–Trinajstić information content (AvgIpc) is 2.66. The molecule has 2 aromatic carbocycles. The number of allylic oxidation sites excluding steroid dienone is 2. The van der Waals surface area contributed by atoms with E-state index >= 15 is 0 Å². The fourth-order valence-electron chi connectivity index (χ4n) is 3.39. The minimum absolute atomic E-state index is 0.626. The molecule has 24 heavy (non-hydrogen) atoms. The number of hydrogen-bond acceptors (Lipinski definition) is 1. The second-order valence-corrected chi connectivity index (χ2v) is 6.83. The van der Waals surface area contributed by atoms with E-state index in [4.69, 9.17) is 4.74 Å². The van der Waals surface area contributed by atoms with Gasteiger partial charge in [-0.05, 0) is 42.0 Å². The summed E-state index contributed by atoms with van der Waals surface area (Å²) in [6.45, 7) is 0.626. The molecule has 126 valence electrons. The number of ether oxygens (including phenoxy) is 1. The summed E-state index contributed by atoms with van der Waals surface area (Å²) in [7, 11) is 0. The Morgan fingerprint density at radius 3 is 2.29 bits per heavy atom. The maximum atomic E-state index is 5.83. The van der Waals surface area contributed by atoms with Gasteiger partial charge in [0.1, 0.15) is 12.4 Å². The van der Waals surface area contributed by atoms with Gasteiger partial charge >= 0.3 is 0 Å². The molecular weight excluding hydrogens is 292 g/mol. The van der Waals surface area contributed by atoms with Crippen LogP contribution >= 0.6 is 0 Å². The second-order valence-electron chi connectivity index (χ2n) is 6.83. The van der Waals surface area contributed by atoms with E-state index in [1.54, 1.807) is 0 Å². The molecule has 0 aliphatic heterocycles. The Labute approximate surface area is 146 Å². The minimum Gasteiger partial charge on any atom is -0.489 e. The van der Waals surface area contributed by atoms with Crippen LogP contribution in [-0.4, -0.2) is 0 Å². The summed E-state index contributed by atoms with van der Waals surface area (Å²) in [6.07, 6.45) is 14.2. The first-order valence-corrected chi connectivity index (χ1v) is 9.31. The predicted molar refractivity (Wildman–Crippen MR) is 101 cm³/mol. The molecule has 2 aromatic rings. The zero-order valence-electron chi connectivity index (χ0n) is 14.5. The molecule has 1 aliphatic carbocycles. The third-order valence-electron chi connectivity index (χ3n) is 4.89.